The Bertz CT molecular complexity index is 401. The number of amides is 1. The summed E-state index contributed by atoms with van der Waals surface area (Å²) in [6, 6.07) is 6.28. The van der Waals surface area contributed by atoms with Crippen LogP contribution in [-0.2, 0) is 17.8 Å². The average molecular weight is 232 g/mol. The third kappa shape index (κ3) is 2.99. The molecule has 0 aromatic heterocycles. The van der Waals surface area contributed by atoms with Gasteiger partial charge in [0.1, 0.15) is 0 Å². The van der Waals surface area contributed by atoms with E-state index in [0.717, 1.165) is 19.4 Å². The fraction of sp³-hybridized carbons (Fsp3) is 0.500. The van der Waals surface area contributed by atoms with E-state index in [1.807, 2.05) is 6.92 Å². The molecule has 92 valence electrons. The van der Waals surface area contributed by atoms with E-state index < -0.39 is 0 Å². The highest BCUT2D eigenvalue weighted by Crippen LogP contribution is 2.25. The van der Waals surface area contributed by atoms with E-state index >= 15 is 0 Å². The SMILES string of the molecule is CCCC(=O)NCc1cccc2c1CCCN2. The van der Waals surface area contributed by atoms with Crippen molar-refractivity contribution in [3.63, 3.8) is 0 Å². The minimum absolute atomic E-state index is 0.147. The minimum Gasteiger partial charge on any atom is -0.385 e. The minimum atomic E-state index is 0.147. The van der Waals surface area contributed by atoms with Gasteiger partial charge in [-0.15, -0.1) is 0 Å². The molecule has 1 aliphatic rings. The Balaban J connectivity index is 2.03. The van der Waals surface area contributed by atoms with Gasteiger partial charge >= 0.3 is 0 Å². The number of rotatable bonds is 4. The summed E-state index contributed by atoms with van der Waals surface area (Å²) < 4.78 is 0. The molecule has 3 nitrogen and oxygen atoms in total. The van der Waals surface area contributed by atoms with Crippen molar-refractivity contribution in [1.29, 1.82) is 0 Å². The van der Waals surface area contributed by atoms with Gasteiger partial charge in [0.2, 0.25) is 5.91 Å². The van der Waals surface area contributed by atoms with Crippen LogP contribution in [0.1, 0.15) is 37.3 Å². The standard InChI is InChI=1S/C14H20N2O/c1-2-5-14(17)16-10-11-6-3-8-13-12(11)7-4-9-15-13/h3,6,8,15H,2,4-5,7,9-10H2,1H3,(H,16,17). The average Bonchev–Trinajstić information content (AvgIpc) is 2.36. The van der Waals surface area contributed by atoms with Crippen LogP contribution in [0.15, 0.2) is 18.2 Å². The molecular formula is C14H20N2O. The molecule has 1 aromatic carbocycles. The van der Waals surface area contributed by atoms with Crippen molar-refractivity contribution in [2.75, 3.05) is 11.9 Å². The highest BCUT2D eigenvalue weighted by Gasteiger charge is 2.12. The van der Waals surface area contributed by atoms with Crippen LogP contribution >= 0.6 is 0 Å². The van der Waals surface area contributed by atoms with Crippen molar-refractivity contribution < 1.29 is 4.79 Å². The smallest absolute Gasteiger partial charge is 0.220 e. The quantitative estimate of drug-likeness (QED) is 0.837. The number of carbonyl (C=O) groups excluding carboxylic acids is 1. The van der Waals surface area contributed by atoms with Crippen LogP contribution in [-0.4, -0.2) is 12.5 Å². The van der Waals surface area contributed by atoms with Crippen LogP contribution in [0, 0.1) is 0 Å². The molecule has 2 N–H and O–H groups in total. The summed E-state index contributed by atoms with van der Waals surface area (Å²) in [5.41, 5.74) is 3.85. The Labute approximate surface area is 103 Å². The van der Waals surface area contributed by atoms with E-state index in [0.29, 0.717) is 13.0 Å². The second-order valence-electron chi connectivity index (χ2n) is 4.50. The summed E-state index contributed by atoms with van der Waals surface area (Å²) in [6.45, 7) is 3.73. The fourth-order valence-corrected chi connectivity index (χ4v) is 2.26. The summed E-state index contributed by atoms with van der Waals surface area (Å²) in [5, 5.41) is 6.39. The first kappa shape index (κ1) is 12.0. The number of benzene rings is 1. The fourth-order valence-electron chi connectivity index (χ4n) is 2.26. The molecule has 3 heteroatoms. The maximum absolute atomic E-state index is 11.5. The van der Waals surface area contributed by atoms with Crippen LogP contribution < -0.4 is 10.6 Å². The number of carbonyl (C=O) groups is 1. The summed E-state index contributed by atoms with van der Waals surface area (Å²) in [7, 11) is 0. The molecular weight excluding hydrogens is 212 g/mol. The second-order valence-corrected chi connectivity index (χ2v) is 4.50. The van der Waals surface area contributed by atoms with Crippen LogP contribution in [0.3, 0.4) is 0 Å². The Hall–Kier alpha value is -1.51. The first-order chi connectivity index (χ1) is 8.31. The zero-order valence-corrected chi connectivity index (χ0v) is 10.4. The summed E-state index contributed by atoms with van der Waals surface area (Å²) in [5.74, 6) is 0.147. The normalized spacial score (nSPS) is 13.7. The van der Waals surface area contributed by atoms with E-state index in [9.17, 15) is 4.79 Å². The molecule has 1 heterocycles. The van der Waals surface area contributed by atoms with Crippen molar-refractivity contribution >= 4 is 11.6 Å². The first-order valence-electron chi connectivity index (χ1n) is 6.42. The molecule has 17 heavy (non-hydrogen) atoms. The maximum atomic E-state index is 11.5. The number of hydrogen-bond donors (Lipinski definition) is 2. The highest BCUT2D eigenvalue weighted by atomic mass is 16.1. The Kier molecular flexibility index (Phi) is 4.02. The monoisotopic (exact) mass is 232 g/mol. The summed E-state index contributed by atoms with van der Waals surface area (Å²) >= 11 is 0. The maximum Gasteiger partial charge on any atom is 0.220 e. The number of nitrogens with one attached hydrogen (secondary N) is 2. The Morgan fingerprint density at radius 3 is 3.18 bits per heavy atom. The molecule has 2 rings (SSSR count). The molecule has 0 atom stereocenters. The van der Waals surface area contributed by atoms with Crippen LogP contribution in [0.25, 0.3) is 0 Å². The molecule has 0 unspecified atom stereocenters. The van der Waals surface area contributed by atoms with Gasteiger partial charge in [0, 0.05) is 25.2 Å². The topological polar surface area (TPSA) is 41.1 Å². The third-order valence-corrected chi connectivity index (χ3v) is 3.15. The van der Waals surface area contributed by atoms with Crippen molar-refractivity contribution in [1.82, 2.24) is 5.32 Å². The van der Waals surface area contributed by atoms with E-state index in [2.05, 4.69) is 28.8 Å². The summed E-state index contributed by atoms with van der Waals surface area (Å²) in [4.78, 5) is 11.5. The highest BCUT2D eigenvalue weighted by molar-refractivity contribution is 5.75. The lowest BCUT2D eigenvalue weighted by Crippen LogP contribution is -2.23. The second kappa shape index (κ2) is 5.71. The summed E-state index contributed by atoms with van der Waals surface area (Å²) in [6.07, 6.45) is 3.81. The third-order valence-electron chi connectivity index (χ3n) is 3.15. The van der Waals surface area contributed by atoms with Gasteiger partial charge in [-0.1, -0.05) is 19.1 Å². The molecule has 0 bridgehead atoms. The van der Waals surface area contributed by atoms with Crippen molar-refractivity contribution in [2.45, 2.75) is 39.2 Å². The van der Waals surface area contributed by atoms with E-state index in [1.54, 1.807) is 0 Å². The molecule has 0 spiro atoms. The molecule has 0 saturated carbocycles. The lowest BCUT2D eigenvalue weighted by molar-refractivity contribution is -0.121. The zero-order chi connectivity index (χ0) is 12.1. The molecule has 1 aromatic rings. The molecule has 0 saturated heterocycles. The van der Waals surface area contributed by atoms with Gasteiger partial charge < -0.3 is 10.6 Å². The zero-order valence-electron chi connectivity index (χ0n) is 10.4. The van der Waals surface area contributed by atoms with Crippen LogP contribution in [0.5, 0.6) is 0 Å². The van der Waals surface area contributed by atoms with Gasteiger partial charge in [0.05, 0.1) is 0 Å². The molecule has 1 aliphatic heterocycles. The molecule has 0 fully saturated rings. The molecule has 1 amide bonds. The molecule has 0 aliphatic carbocycles. The number of anilines is 1. The van der Waals surface area contributed by atoms with Crippen molar-refractivity contribution in [3.8, 4) is 0 Å². The van der Waals surface area contributed by atoms with Crippen LogP contribution in [0.4, 0.5) is 5.69 Å². The van der Waals surface area contributed by atoms with Gasteiger partial charge in [-0.3, -0.25) is 4.79 Å². The molecule has 0 radical (unpaired) electrons. The largest absolute Gasteiger partial charge is 0.385 e. The number of hydrogen-bond acceptors (Lipinski definition) is 2. The van der Waals surface area contributed by atoms with Gasteiger partial charge in [-0.05, 0) is 36.5 Å². The van der Waals surface area contributed by atoms with E-state index in [4.69, 9.17) is 0 Å². The lowest BCUT2D eigenvalue weighted by Gasteiger charge is -2.21. The van der Waals surface area contributed by atoms with Crippen LogP contribution in [0.2, 0.25) is 0 Å². The number of fused-ring (bicyclic) bond motifs is 1. The predicted molar refractivity (Wildman–Crippen MR) is 70.0 cm³/mol. The van der Waals surface area contributed by atoms with Crippen molar-refractivity contribution in [3.05, 3.63) is 29.3 Å². The van der Waals surface area contributed by atoms with Crippen molar-refractivity contribution in [2.24, 2.45) is 0 Å². The van der Waals surface area contributed by atoms with Gasteiger partial charge in [0.25, 0.3) is 0 Å². The van der Waals surface area contributed by atoms with Gasteiger partial charge in [0.15, 0.2) is 0 Å². The van der Waals surface area contributed by atoms with Gasteiger partial charge in [-0.2, -0.15) is 0 Å². The predicted octanol–water partition coefficient (Wildman–Crippen LogP) is 2.46. The first-order valence-corrected chi connectivity index (χ1v) is 6.42. The lowest BCUT2D eigenvalue weighted by atomic mass is 9.97. The Morgan fingerprint density at radius 2 is 2.35 bits per heavy atom. The van der Waals surface area contributed by atoms with E-state index in [1.165, 1.54) is 23.2 Å². The van der Waals surface area contributed by atoms with Gasteiger partial charge in [-0.25, -0.2) is 0 Å². The van der Waals surface area contributed by atoms with E-state index in [-0.39, 0.29) is 5.91 Å². The Morgan fingerprint density at radius 1 is 1.47 bits per heavy atom.